The lowest BCUT2D eigenvalue weighted by Crippen LogP contribution is -2.09. The molecule has 0 radical (unpaired) electrons. The Morgan fingerprint density at radius 3 is 2.68 bits per heavy atom. The fourth-order valence-electron chi connectivity index (χ4n) is 3.21. The van der Waals surface area contributed by atoms with Crippen LogP contribution in [0.15, 0.2) is 24.3 Å². The van der Waals surface area contributed by atoms with E-state index in [1.54, 1.807) is 10.7 Å². The van der Waals surface area contributed by atoms with Crippen LogP contribution in [0.2, 0.25) is 0 Å². The monoisotopic (exact) mass is 309 g/mol. The van der Waals surface area contributed by atoms with Crippen molar-refractivity contribution in [1.82, 2.24) is 15.1 Å². The van der Waals surface area contributed by atoms with Crippen LogP contribution < -0.4 is 5.32 Å². The second-order valence-electron chi connectivity index (χ2n) is 5.73. The van der Waals surface area contributed by atoms with Crippen molar-refractivity contribution in [2.45, 2.75) is 32.4 Å². The van der Waals surface area contributed by atoms with Crippen LogP contribution in [0, 0.1) is 13.8 Å². The third-order valence-electron chi connectivity index (χ3n) is 4.23. The number of benzene rings is 1. The van der Waals surface area contributed by atoms with Crippen LogP contribution in [0.5, 0.6) is 0 Å². The number of hydrogen-bond donors (Lipinski definition) is 1. The molecular formula is C16H18F3N3. The molecule has 118 valence electrons. The van der Waals surface area contributed by atoms with E-state index in [2.05, 4.69) is 10.4 Å². The molecule has 1 N–H and O–H groups in total. The summed E-state index contributed by atoms with van der Waals surface area (Å²) in [5.74, 6) is 0.388. The highest BCUT2D eigenvalue weighted by molar-refractivity contribution is 5.41. The van der Waals surface area contributed by atoms with Gasteiger partial charge in [-0.15, -0.1) is 0 Å². The Labute approximate surface area is 127 Å². The predicted octanol–water partition coefficient (Wildman–Crippen LogP) is 3.58. The summed E-state index contributed by atoms with van der Waals surface area (Å²) in [6, 6.07) is 5.31. The molecule has 0 amide bonds. The summed E-state index contributed by atoms with van der Waals surface area (Å²) in [5, 5.41) is 7.79. The van der Waals surface area contributed by atoms with Gasteiger partial charge in [-0.05, 0) is 45.0 Å². The highest BCUT2D eigenvalue weighted by atomic mass is 19.4. The Balaban J connectivity index is 2.04. The van der Waals surface area contributed by atoms with Crippen molar-refractivity contribution in [3.8, 4) is 5.69 Å². The molecule has 1 unspecified atom stereocenters. The maximum atomic E-state index is 12.9. The first-order valence-electron chi connectivity index (χ1n) is 7.32. The molecule has 0 saturated carbocycles. The van der Waals surface area contributed by atoms with E-state index in [4.69, 9.17) is 0 Å². The van der Waals surface area contributed by atoms with Crippen molar-refractivity contribution in [3.63, 3.8) is 0 Å². The van der Waals surface area contributed by atoms with Crippen LogP contribution in [0.3, 0.4) is 0 Å². The molecule has 1 saturated heterocycles. The number of halogens is 3. The largest absolute Gasteiger partial charge is 0.416 e. The molecule has 1 aliphatic rings. The summed E-state index contributed by atoms with van der Waals surface area (Å²) in [7, 11) is 0. The van der Waals surface area contributed by atoms with E-state index >= 15 is 0 Å². The van der Waals surface area contributed by atoms with E-state index < -0.39 is 11.7 Å². The van der Waals surface area contributed by atoms with E-state index in [0.717, 1.165) is 48.6 Å². The molecule has 1 aromatic heterocycles. The molecule has 1 atom stereocenters. The molecule has 1 aromatic carbocycles. The molecule has 0 aliphatic carbocycles. The number of rotatable bonds is 2. The van der Waals surface area contributed by atoms with Gasteiger partial charge in [0.05, 0.1) is 16.9 Å². The first-order chi connectivity index (χ1) is 10.4. The highest BCUT2D eigenvalue weighted by Crippen LogP contribution is 2.32. The normalized spacial score (nSPS) is 18.9. The van der Waals surface area contributed by atoms with E-state index in [1.165, 1.54) is 6.07 Å². The van der Waals surface area contributed by atoms with Gasteiger partial charge in [-0.2, -0.15) is 18.3 Å². The molecule has 0 spiro atoms. The average Bonchev–Trinajstić information content (AvgIpc) is 3.06. The summed E-state index contributed by atoms with van der Waals surface area (Å²) < 4.78 is 40.3. The van der Waals surface area contributed by atoms with Gasteiger partial charge in [0.15, 0.2) is 0 Å². The van der Waals surface area contributed by atoms with Gasteiger partial charge in [-0.25, -0.2) is 4.68 Å². The molecule has 22 heavy (non-hydrogen) atoms. The van der Waals surface area contributed by atoms with Crippen LogP contribution in [0.25, 0.3) is 5.69 Å². The smallest absolute Gasteiger partial charge is 0.316 e. The molecule has 2 heterocycles. The zero-order chi connectivity index (χ0) is 15.9. The average molecular weight is 309 g/mol. The van der Waals surface area contributed by atoms with E-state index in [1.807, 2.05) is 13.8 Å². The third-order valence-corrected chi connectivity index (χ3v) is 4.23. The minimum atomic E-state index is -4.34. The highest BCUT2D eigenvalue weighted by Gasteiger charge is 2.31. The minimum Gasteiger partial charge on any atom is -0.316 e. The van der Waals surface area contributed by atoms with Crippen LogP contribution in [-0.2, 0) is 6.18 Å². The number of nitrogens with one attached hydrogen (secondary N) is 1. The zero-order valence-electron chi connectivity index (χ0n) is 12.5. The van der Waals surface area contributed by atoms with Gasteiger partial charge < -0.3 is 5.32 Å². The number of aryl methyl sites for hydroxylation is 1. The SMILES string of the molecule is Cc1nn(-c2cccc(C(F)(F)F)c2)c(C)c1C1CCNC1. The topological polar surface area (TPSA) is 29.9 Å². The van der Waals surface area contributed by atoms with Crippen molar-refractivity contribution in [2.75, 3.05) is 13.1 Å². The second-order valence-corrected chi connectivity index (χ2v) is 5.73. The molecule has 3 nitrogen and oxygen atoms in total. The van der Waals surface area contributed by atoms with Crippen LogP contribution in [0.1, 0.15) is 34.9 Å². The predicted molar refractivity (Wildman–Crippen MR) is 78.3 cm³/mol. The quantitative estimate of drug-likeness (QED) is 0.919. The second kappa shape index (κ2) is 5.43. The van der Waals surface area contributed by atoms with Crippen LogP contribution in [0.4, 0.5) is 13.2 Å². The molecule has 3 rings (SSSR count). The van der Waals surface area contributed by atoms with Gasteiger partial charge in [0.1, 0.15) is 0 Å². The third kappa shape index (κ3) is 2.63. The van der Waals surface area contributed by atoms with Crippen molar-refractivity contribution < 1.29 is 13.2 Å². The summed E-state index contributed by atoms with van der Waals surface area (Å²) in [4.78, 5) is 0. The Kier molecular flexibility index (Phi) is 3.72. The summed E-state index contributed by atoms with van der Waals surface area (Å²) in [5.41, 5.74) is 2.77. The van der Waals surface area contributed by atoms with Gasteiger partial charge in [-0.3, -0.25) is 0 Å². The van der Waals surface area contributed by atoms with Crippen molar-refractivity contribution in [2.24, 2.45) is 0 Å². The Bertz CT molecular complexity index is 682. The van der Waals surface area contributed by atoms with Crippen molar-refractivity contribution >= 4 is 0 Å². The van der Waals surface area contributed by atoms with Gasteiger partial charge in [0, 0.05) is 23.7 Å². The van der Waals surface area contributed by atoms with Crippen molar-refractivity contribution in [3.05, 3.63) is 46.8 Å². The molecule has 6 heteroatoms. The molecule has 1 fully saturated rings. The van der Waals surface area contributed by atoms with Gasteiger partial charge in [0.2, 0.25) is 0 Å². The minimum absolute atomic E-state index is 0.388. The first kappa shape index (κ1) is 15.1. The fraction of sp³-hybridized carbons (Fsp3) is 0.438. The first-order valence-corrected chi connectivity index (χ1v) is 7.32. The molecule has 2 aromatic rings. The Hall–Kier alpha value is -1.82. The lowest BCUT2D eigenvalue weighted by Gasteiger charge is -2.12. The van der Waals surface area contributed by atoms with E-state index in [0.29, 0.717) is 11.6 Å². The van der Waals surface area contributed by atoms with Gasteiger partial charge in [0.25, 0.3) is 0 Å². The summed E-state index contributed by atoms with van der Waals surface area (Å²) >= 11 is 0. The Morgan fingerprint density at radius 1 is 1.27 bits per heavy atom. The van der Waals surface area contributed by atoms with Gasteiger partial charge in [-0.1, -0.05) is 6.07 Å². The van der Waals surface area contributed by atoms with Gasteiger partial charge >= 0.3 is 6.18 Å². The Morgan fingerprint density at radius 2 is 2.05 bits per heavy atom. The van der Waals surface area contributed by atoms with Crippen LogP contribution >= 0.6 is 0 Å². The maximum Gasteiger partial charge on any atom is 0.416 e. The number of aromatic nitrogens is 2. The maximum absolute atomic E-state index is 12.9. The standard InChI is InChI=1S/C16H18F3N3/c1-10-15(12-6-7-20-9-12)11(2)22(21-10)14-5-3-4-13(8-14)16(17,18)19/h3-5,8,12,20H,6-7,9H2,1-2H3. The summed E-state index contributed by atoms with van der Waals surface area (Å²) in [6.07, 6.45) is -3.31. The van der Waals surface area contributed by atoms with Crippen molar-refractivity contribution in [1.29, 1.82) is 0 Å². The summed E-state index contributed by atoms with van der Waals surface area (Å²) in [6.45, 7) is 5.72. The fourth-order valence-corrected chi connectivity index (χ4v) is 3.21. The molecular weight excluding hydrogens is 291 g/mol. The lowest BCUT2D eigenvalue weighted by molar-refractivity contribution is -0.137. The van der Waals surface area contributed by atoms with E-state index in [-0.39, 0.29) is 0 Å². The number of hydrogen-bond acceptors (Lipinski definition) is 2. The lowest BCUT2D eigenvalue weighted by atomic mass is 9.96. The zero-order valence-corrected chi connectivity index (χ0v) is 12.5. The van der Waals surface area contributed by atoms with Crippen LogP contribution in [-0.4, -0.2) is 22.9 Å². The molecule has 0 bridgehead atoms. The number of nitrogens with zero attached hydrogens (tertiary/aromatic N) is 2. The number of alkyl halides is 3. The molecule has 1 aliphatic heterocycles. The van der Waals surface area contributed by atoms with E-state index in [9.17, 15) is 13.2 Å².